The summed E-state index contributed by atoms with van der Waals surface area (Å²) in [5.41, 5.74) is 14.4. The van der Waals surface area contributed by atoms with Crippen molar-refractivity contribution in [2.24, 2.45) is 0 Å². The average Bonchev–Trinajstić information content (AvgIpc) is 3.88. The van der Waals surface area contributed by atoms with E-state index in [9.17, 15) is 5.26 Å². The largest absolute Gasteiger partial charge is 0.455 e. The molecule has 3 aromatic heterocycles. The maximum absolute atomic E-state index is 9.93. The van der Waals surface area contributed by atoms with Crippen LogP contribution in [-0.4, -0.2) is 9.13 Å². The molecule has 0 aliphatic carbocycles. The maximum atomic E-state index is 9.93. The second kappa shape index (κ2) is 11.6. The molecule has 11 rings (SSSR count). The van der Waals surface area contributed by atoms with Crippen molar-refractivity contribution < 1.29 is 4.42 Å². The molecule has 0 saturated heterocycles. The summed E-state index contributed by atoms with van der Waals surface area (Å²) in [5, 5.41) is 16.9. The van der Waals surface area contributed by atoms with Crippen LogP contribution in [0.1, 0.15) is 11.1 Å². The number of aromatic nitrogens is 2. The van der Waals surface area contributed by atoms with Gasteiger partial charge in [0.25, 0.3) is 0 Å². The number of para-hydroxylation sites is 4. The summed E-state index contributed by atoms with van der Waals surface area (Å²) in [6, 6.07) is 62.5. The van der Waals surface area contributed by atoms with Gasteiger partial charge in [0.1, 0.15) is 11.2 Å². The maximum Gasteiger partial charge on any atom is 0.145 e. The van der Waals surface area contributed by atoms with Gasteiger partial charge in [0.2, 0.25) is 0 Å². The first-order valence-corrected chi connectivity index (χ1v) is 18.2. The van der Waals surface area contributed by atoms with Crippen LogP contribution < -0.4 is 0 Å². The Morgan fingerprint density at radius 2 is 1.13 bits per heavy atom. The molecule has 0 amide bonds. The zero-order valence-corrected chi connectivity index (χ0v) is 29.4. The average molecular weight is 690 g/mol. The van der Waals surface area contributed by atoms with Crippen LogP contribution in [0.15, 0.2) is 174 Å². The van der Waals surface area contributed by atoms with Crippen molar-refractivity contribution in [2.75, 3.05) is 0 Å². The topological polar surface area (TPSA) is 46.8 Å². The van der Waals surface area contributed by atoms with Gasteiger partial charge in [0, 0.05) is 43.7 Å². The summed E-state index contributed by atoms with van der Waals surface area (Å²) in [7, 11) is 0. The Morgan fingerprint density at radius 1 is 0.500 bits per heavy atom. The van der Waals surface area contributed by atoms with E-state index in [0.29, 0.717) is 5.56 Å². The first-order valence-electron chi connectivity index (χ1n) is 18.2. The molecule has 0 spiro atoms. The number of aryl methyl sites for hydroxylation is 1. The molecule has 4 heteroatoms. The van der Waals surface area contributed by atoms with Crippen LogP contribution >= 0.6 is 0 Å². The Hall–Kier alpha value is -7.35. The van der Waals surface area contributed by atoms with E-state index < -0.39 is 0 Å². The zero-order valence-electron chi connectivity index (χ0n) is 29.4. The molecule has 8 aromatic carbocycles. The number of hydrogen-bond acceptors (Lipinski definition) is 2. The van der Waals surface area contributed by atoms with E-state index in [0.717, 1.165) is 82.9 Å². The van der Waals surface area contributed by atoms with Crippen molar-refractivity contribution in [1.29, 1.82) is 5.26 Å². The molecule has 0 aliphatic rings. The summed E-state index contributed by atoms with van der Waals surface area (Å²) >= 11 is 0. The molecule has 0 saturated carbocycles. The lowest BCUT2D eigenvalue weighted by atomic mass is 9.93. The molecule has 0 unspecified atom stereocenters. The Balaban J connectivity index is 1.22. The van der Waals surface area contributed by atoms with E-state index in [1.54, 1.807) is 0 Å². The minimum absolute atomic E-state index is 0.682. The molecule has 54 heavy (non-hydrogen) atoms. The zero-order chi connectivity index (χ0) is 35.9. The fraction of sp³-hybridized carbons (Fsp3) is 0.0200. The van der Waals surface area contributed by atoms with Crippen LogP contribution in [-0.2, 0) is 0 Å². The van der Waals surface area contributed by atoms with Crippen molar-refractivity contribution in [2.45, 2.75) is 6.92 Å². The fourth-order valence-electron chi connectivity index (χ4n) is 8.74. The molecular formula is C50H31N3O. The van der Waals surface area contributed by atoms with Crippen LogP contribution in [0, 0.1) is 18.3 Å². The number of fused-ring (bicyclic) bond motifs is 10. The standard InChI is InChI=1S/C50H31N3O/c1-31-11-10-12-34(30-51)48(31)33-23-21-32(22-24-33)36-26-25-35(52-42-17-6-2-13-37(42)38-14-3-7-18-43(38)52)29-46(36)53-44-19-8-4-16-41(44)49-45(53)28-27-40-39-15-5-9-20-47(39)54-50(40)49/h2-29H,1H3. The minimum Gasteiger partial charge on any atom is -0.455 e. The number of nitrogens with zero attached hydrogens (tertiary/aromatic N) is 3. The number of furan rings is 1. The molecule has 0 N–H and O–H groups in total. The number of nitriles is 1. The van der Waals surface area contributed by atoms with Gasteiger partial charge in [-0.05, 0) is 78.2 Å². The Bertz CT molecular complexity index is 3300. The predicted octanol–water partition coefficient (Wildman–Crippen LogP) is 13.3. The van der Waals surface area contributed by atoms with Gasteiger partial charge in [0.15, 0.2) is 0 Å². The molecule has 3 heterocycles. The van der Waals surface area contributed by atoms with Gasteiger partial charge >= 0.3 is 0 Å². The Labute approximate surface area is 311 Å². The summed E-state index contributed by atoms with van der Waals surface area (Å²) in [5.74, 6) is 0. The van der Waals surface area contributed by atoms with Gasteiger partial charge in [-0.25, -0.2) is 0 Å². The first-order chi connectivity index (χ1) is 26.7. The van der Waals surface area contributed by atoms with Gasteiger partial charge in [0.05, 0.1) is 44.8 Å². The van der Waals surface area contributed by atoms with E-state index in [2.05, 4.69) is 168 Å². The lowest BCUT2D eigenvalue weighted by molar-refractivity contribution is 0.673. The highest BCUT2D eigenvalue weighted by molar-refractivity contribution is 6.24. The number of rotatable bonds is 4. The minimum atomic E-state index is 0.682. The number of hydrogen-bond donors (Lipinski definition) is 0. The molecular weight excluding hydrogens is 659 g/mol. The van der Waals surface area contributed by atoms with Gasteiger partial charge < -0.3 is 13.6 Å². The Morgan fingerprint density at radius 3 is 1.85 bits per heavy atom. The van der Waals surface area contributed by atoms with E-state index >= 15 is 0 Å². The molecule has 11 aromatic rings. The second-order valence-corrected chi connectivity index (χ2v) is 14.0. The van der Waals surface area contributed by atoms with Gasteiger partial charge in [-0.3, -0.25) is 0 Å². The monoisotopic (exact) mass is 689 g/mol. The van der Waals surface area contributed by atoms with Gasteiger partial charge in [-0.1, -0.05) is 115 Å². The predicted molar refractivity (Wildman–Crippen MR) is 223 cm³/mol. The fourth-order valence-corrected chi connectivity index (χ4v) is 8.74. The molecule has 0 aliphatic heterocycles. The summed E-state index contributed by atoms with van der Waals surface area (Å²) in [4.78, 5) is 0. The van der Waals surface area contributed by atoms with Crippen molar-refractivity contribution in [3.63, 3.8) is 0 Å². The van der Waals surface area contributed by atoms with Crippen LogP contribution in [0.4, 0.5) is 0 Å². The highest BCUT2D eigenvalue weighted by atomic mass is 16.3. The van der Waals surface area contributed by atoms with Crippen LogP contribution in [0.3, 0.4) is 0 Å². The quantitative estimate of drug-likeness (QED) is 0.185. The highest BCUT2D eigenvalue weighted by Crippen LogP contribution is 2.43. The van der Waals surface area contributed by atoms with Gasteiger partial charge in [-0.15, -0.1) is 0 Å². The van der Waals surface area contributed by atoms with E-state index in [4.69, 9.17) is 4.42 Å². The first kappa shape index (κ1) is 30.3. The smallest absolute Gasteiger partial charge is 0.145 e. The third kappa shape index (κ3) is 4.30. The normalized spacial score (nSPS) is 11.8. The van der Waals surface area contributed by atoms with Crippen LogP contribution in [0.25, 0.3) is 99.2 Å². The third-order valence-corrected chi connectivity index (χ3v) is 11.1. The van der Waals surface area contributed by atoms with Crippen molar-refractivity contribution >= 4 is 65.6 Å². The molecule has 0 bridgehead atoms. The molecule has 0 atom stereocenters. The molecule has 252 valence electrons. The Kier molecular flexibility index (Phi) is 6.50. The summed E-state index contributed by atoms with van der Waals surface area (Å²) < 4.78 is 11.5. The summed E-state index contributed by atoms with van der Waals surface area (Å²) in [6.07, 6.45) is 0. The van der Waals surface area contributed by atoms with E-state index in [1.165, 1.54) is 21.8 Å². The number of benzene rings is 8. The van der Waals surface area contributed by atoms with E-state index in [1.807, 2.05) is 24.3 Å². The van der Waals surface area contributed by atoms with E-state index in [-0.39, 0.29) is 0 Å². The van der Waals surface area contributed by atoms with Gasteiger partial charge in [-0.2, -0.15) is 5.26 Å². The molecule has 0 radical (unpaired) electrons. The van der Waals surface area contributed by atoms with Crippen LogP contribution in [0.5, 0.6) is 0 Å². The molecule has 4 nitrogen and oxygen atoms in total. The summed E-state index contributed by atoms with van der Waals surface area (Å²) in [6.45, 7) is 2.07. The highest BCUT2D eigenvalue weighted by Gasteiger charge is 2.22. The lowest BCUT2D eigenvalue weighted by Crippen LogP contribution is -2.01. The van der Waals surface area contributed by atoms with Crippen LogP contribution in [0.2, 0.25) is 0 Å². The lowest BCUT2D eigenvalue weighted by Gasteiger charge is -2.18. The second-order valence-electron chi connectivity index (χ2n) is 14.0. The third-order valence-electron chi connectivity index (χ3n) is 11.1. The molecule has 0 fully saturated rings. The SMILES string of the molecule is Cc1cccc(C#N)c1-c1ccc(-c2ccc(-n3c4ccccc4c4ccccc43)cc2-n2c3ccccc3c3c4oc5ccccc5c4ccc32)cc1. The van der Waals surface area contributed by atoms with Crippen molar-refractivity contribution in [1.82, 2.24) is 9.13 Å². The van der Waals surface area contributed by atoms with Crippen molar-refractivity contribution in [3.8, 4) is 39.7 Å². The van der Waals surface area contributed by atoms with Crippen molar-refractivity contribution in [3.05, 3.63) is 181 Å².